The number of rotatable bonds is 6. The predicted molar refractivity (Wildman–Crippen MR) is 297 cm³/mol. The Morgan fingerprint density at radius 1 is 0.493 bits per heavy atom. The quantitative estimate of drug-likeness (QED) is 0.155. The van der Waals surface area contributed by atoms with Crippen molar-refractivity contribution < 1.29 is 8.83 Å². The van der Waals surface area contributed by atoms with E-state index >= 15 is 0 Å². The second-order valence-corrected chi connectivity index (χ2v) is 20.5. The van der Waals surface area contributed by atoms with Crippen molar-refractivity contribution in [3.63, 3.8) is 0 Å². The molecule has 6 heteroatoms. The zero-order valence-electron chi connectivity index (χ0n) is 40.3. The van der Waals surface area contributed by atoms with Gasteiger partial charge in [0.25, 0.3) is 6.71 Å². The Kier molecular flexibility index (Phi) is 9.22. The van der Waals surface area contributed by atoms with Crippen molar-refractivity contribution in [3.8, 4) is 0 Å². The Balaban J connectivity index is 0.994. The number of hydrogen-bond donors (Lipinski definition) is 0. The molecule has 9 aromatic carbocycles. The van der Waals surface area contributed by atoms with Gasteiger partial charge in [-0.3, -0.25) is 0 Å². The zero-order chi connectivity index (χ0) is 47.5. The molecule has 2 aromatic heterocycles. The van der Waals surface area contributed by atoms with Crippen molar-refractivity contribution in [1.82, 2.24) is 0 Å². The summed E-state index contributed by atoms with van der Waals surface area (Å²) in [7, 11) is 0. The van der Waals surface area contributed by atoms with Gasteiger partial charge < -0.3 is 23.5 Å². The molecule has 4 heterocycles. The molecule has 0 radical (unpaired) electrons. The molecule has 0 saturated carbocycles. The van der Waals surface area contributed by atoms with Crippen LogP contribution in [0.1, 0.15) is 55.2 Å². The van der Waals surface area contributed by atoms with Crippen molar-refractivity contribution in [3.05, 3.63) is 234 Å². The smallest absolute Gasteiger partial charge is 0.252 e. The highest BCUT2D eigenvalue weighted by atomic mass is 16.3. The molecule has 11 aromatic rings. The Bertz CT molecular complexity index is 3920. The molecule has 0 fully saturated rings. The summed E-state index contributed by atoms with van der Waals surface area (Å²) in [6.07, 6.45) is 4.32. The number of para-hydroxylation sites is 4. The lowest BCUT2D eigenvalue weighted by atomic mass is 9.33. The van der Waals surface area contributed by atoms with Crippen LogP contribution in [0.15, 0.2) is 215 Å². The lowest BCUT2D eigenvalue weighted by Crippen LogP contribution is -2.61. The minimum absolute atomic E-state index is 0.0514. The van der Waals surface area contributed by atoms with Gasteiger partial charge >= 0.3 is 0 Å². The van der Waals surface area contributed by atoms with E-state index in [1.54, 1.807) is 0 Å². The van der Waals surface area contributed by atoms with Crippen molar-refractivity contribution in [1.29, 1.82) is 0 Å². The number of anilines is 9. The molecule has 0 bridgehead atoms. The zero-order valence-corrected chi connectivity index (χ0v) is 40.3. The molecular formula is C65H50BN3O2. The molecule has 0 unspecified atom stereocenters. The molecule has 0 N–H and O–H groups in total. The molecular weight excluding hydrogens is 866 g/mol. The Hall–Kier alpha value is -8.48. The molecule has 5 nitrogen and oxygen atoms in total. The van der Waals surface area contributed by atoms with Crippen LogP contribution in [0, 0.1) is 6.92 Å². The molecule has 2 aliphatic heterocycles. The van der Waals surface area contributed by atoms with Gasteiger partial charge in [-0.25, -0.2) is 0 Å². The maximum absolute atomic E-state index is 6.64. The number of aryl methyl sites for hydroxylation is 2. The first-order valence-electron chi connectivity index (χ1n) is 24.9. The Morgan fingerprint density at radius 2 is 1.13 bits per heavy atom. The summed E-state index contributed by atoms with van der Waals surface area (Å²) >= 11 is 0. The normalized spacial score (nSPS) is 13.8. The molecule has 14 rings (SSSR count). The number of fused-ring (bicyclic) bond motifs is 10. The van der Waals surface area contributed by atoms with Gasteiger partial charge in [0.05, 0.1) is 0 Å². The van der Waals surface area contributed by atoms with Crippen LogP contribution in [0.25, 0.3) is 38.5 Å². The van der Waals surface area contributed by atoms with Gasteiger partial charge in [-0.05, 0) is 149 Å². The van der Waals surface area contributed by atoms with Crippen LogP contribution in [0.2, 0.25) is 0 Å². The highest BCUT2D eigenvalue weighted by Gasteiger charge is 2.44. The van der Waals surface area contributed by atoms with Crippen LogP contribution < -0.4 is 31.1 Å². The minimum atomic E-state index is -0.0671. The van der Waals surface area contributed by atoms with Crippen LogP contribution in [0.5, 0.6) is 0 Å². The molecule has 1 aliphatic carbocycles. The molecule has 340 valence electrons. The number of nitrogens with zero attached hydrogens (tertiary/aromatic N) is 3. The van der Waals surface area contributed by atoms with Gasteiger partial charge in [-0.2, -0.15) is 0 Å². The summed E-state index contributed by atoms with van der Waals surface area (Å²) in [5.74, 6) is 0.997. The summed E-state index contributed by atoms with van der Waals surface area (Å²) in [5.41, 5.74) is 22.7. The number of benzene rings is 9. The van der Waals surface area contributed by atoms with E-state index in [1.165, 1.54) is 55.4 Å². The van der Waals surface area contributed by atoms with Crippen molar-refractivity contribution in [2.24, 2.45) is 0 Å². The van der Waals surface area contributed by atoms with Crippen molar-refractivity contribution >= 4 is 113 Å². The second kappa shape index (κ2) is 15.8. The summed E-state index contributed by atoms with van der Waals surface area (Å²) < 4.78 is 13.2. The average Bonchev–Trinajstić information content (AvgIpc) is 3.97. The van der Waals surface area contributed by atoms with Crippen LogP contribution >= 0.6 is 0 Å². The maximum atomic E-state index is 6.64. The molecule has 0 spiro atoms. The van der Waals surface area contributed by atoms with Crippen LogP contribution in [0.4, 0.5) is 51.2 Å². The number of hydrogen-bond acceptors (Lipinski definition) is 5. The molecule has 0 atom stereocenters. The van der Waals surface area contributed by atoms with Crippen molar-refractivity contribution in [2.45, 2.75) is 46.0 Å². The Morgan fingerprint density at radius 3 is 1.85 bits per heavy atom. The van der Waals surface area contributed by atoms with Crippen LogP contribution in [0.3, 0.4) is 0 Å². The lowest BCUT2D eigenvalue weighted by molar-refractivity contribution is 0.590. The second-order valence-electron chi connectivity index (χ2n) is 20.5. The topological polar surface area (TPSA) is 36.0 Å². The third-order valence-electron chi connectivity index (χ3n) is 15.1. The average molecular weight is 916 g/mol. The van der Waals surface area contributed by atoms with E-state index in [0.29, 0.717) is 0 Å². The lowest BCUT2D eigenvalue weighted by Gasteiger charge is -2.45. The van der Waals surface area contributed by atoms with E-state index in [9.17, 15) is 0 Å². The third kappa shape index (κ3) is 6.54. The van der Waals surface area contributed by atoms with Gasteiger partial charge in [0.15, 0.2) is 0 Å². The first-order valence-corrected chi connectivity index (χ1v) is 24.9. The minimum Gasteiger partial charge on any atom is -0.456 e. The predicted octanol–water partition coefficient (Wildman–Crippen LogP) is 15.9. The van der Waals surface area contributed by atoms with E-state index in [0.717, 1.165) is 91.5 Å². The van der Waals surface area contributed by atoms with Crippen molar-refractivity contribution in [2.75, 3.05) is 14.7 Å². The monoisotopic (exact) mass is 915 g/mol. The third-order valence-corrected chi connectivity index (χ3v) is 15.1. The van der Waals surface area contributed by atoms with E-state index in [-0.39, 0.29) is 12.1 Å². The first kappa shape index (κ1) is 41.5. The van der Waals surface area contributed by atoms with Gasteiger partial charge in [-0.15, -0.1) is 0 Å². The van der Waals surface area contributed by atoms with Gasteiger partial charge in [0.2, 0.25) is 0 Å². The first-order chi connectivity index (χ1) is 34.7. The van der Waals surface area contributed by atoms with Crippen LogP contribution in [-0.2, 0) is 11.8 Å². The number of allylic oxidation sites excluding steroid dienone is 1. The van der Waals surface area contributed by atoms with E-state index < -0.39 is 0 Å². The SMILES string of the molecule is Cc1cc2c3c(c1)N(c1ccc4c(c1)oc1ccccc14)c1cc(N(c4ccccc4)c4ccccc4)ccc1B3c1cc(C(C)(C)C)ccc1N2c1ccc(C2=CCCc3c2oc2ccccc32)cc1. The highest BCUT2D eigenvalue weighted by Crippen LogP contribution is 2.48. The standard InChI is InChI=1S/C65H50BN3O2/c1-41-36-58-63-59(37-41)69(48-31-33-52-50-20-11-13-24-60(50)70-62(52)40-48)57-39-47(67(44-16-7-5-8-17-44)45-18-9-6-10-19-45)32-34-54(57)66(63)55-38-43(65(2,3)4)28-35-56(55)68(58)46-29-26-42(27-30-46)49-22-15-23-53-51-21-12-14-25-61(51)71-64(49)53/h5-14,16-22,24-40H,15,23H2,1-4H3. The molecule has 3 aliphatic rings. The van der Waals surface area contributed by atoms with E-state index in [4.69, 9.17) is 8.83 Å². The maximum Gasteiger partial charge on any atom is 0.252 e. The molecule has 71 heavy (non-hydrogen) atoms. The summed E-state index contributed by atoms with van der Waals surface area (Å²) in [6, 6.07) is 73.3. The largest absolute Gasteiger partial charge is 0.456 e. The van der Waals surface area contributed by atoms with Gasteiger partial charge in [0.1, 0.15) is 22.5 Å². The summed E-state index contributed by atoms with van der Waals surface area (Å²) in [6.45, 7) is 9.16. The van der Waals surface area contributed by atoms with E-state index in [1.807, 2.05) is 6.07 Å². The fourth-order valence-electron chi connectivity index (χ4n) is 11.8. The van der Waals surface area contributed by atoms with Gasteiger partial charge in [-0.1, -0.05) is 130 Å². The van der Waals surface area contributed by atoms with E-state index in [2.05, 4.69) is 243 Å². The molecule has 0 amide bonds. The fourth-order valence-corrected chi connectivity index (χ4v) is 11.8. The fraction of sp³-hybridized carbons (Fsp3) is 0.108. The van der Waals surface area contributed by atoms with Crippen LogP contribution in [-0.4, -0.2) is 6.71 Å². The summed E-state index contributed by atoms with van der Waals surface area (Å²) in [4.78, 5) is 7.39. The Labute approximate surface area is 414 Å². The van der Waals surface area contributed by atoms with Gasteiger partial charge in [0, 0.05) is 84.5 Å². The highest BCUT2D eigenvalue weighted by molar-refractivity contribution is 7.00. The summed E-state index contributed by atoms with van der Waals surface area (Å²) in [5, 5.41) is 3.45. The molecule has 0 saturated heterocycles. The number of furan rings is 2.